The van der Waals surface area contributed by atoms with E-state index < -0.39 is 0 Å². The minimum absolute atomic E-state index is 0.337. The zero-order chi connectivity index (χ0) is 13.7. The van der Waals surface area contributed by atoms with Crippen molar-refractivity contribution in [3.05, 3.63) is 29.8 Å². The van der Waals surface area contributed by atoms with E-state index in [0.717, 1.165) is 19.6 Å². The largest absolute Gasteiger partial charge is 0.508 e. The monoisotopic (exact) mass is 262 g/mol. The second kappa shape index (κ2) is 6.92. The summed E-state index contributed by atoms with van der Waals surface area (Å²) in [6.45, 7) is 5.04. The molecule has 2 rings (SSSR count). The van der Waals surface area contributed by atoms with Crippen LogP contribution in [-0.2, 0) is 6.54 Å². The Hall–Kier alpha value is -1.06. The molecule has 3 N–H and O–H groups in total. The molecule has 0 spiro atoms. The van der Waals surface area contributed by atoms with Gasteiger partial charge in [0, 0.05) is 12.6 Å². The van der Waals surface area contributed by atoms with Crippen LogP contribution in [0.3, 0.4) is 0 Å². The lowest BCUT2D eigenvalue weighted by Gasteiger charge is -2.39. The first kappa shape index (κ1) is 14.4. The number of benzene rings is 1. The third-order valence-corrected chi connectivity index (χ3v) is 4.37. The van der Waals surface area contributed by atoms with Gasteiger partial charge >= 0.3 is 0 Å². The van der Waals surface area contributed by atoms with Gasteiger partial charge in [-0.15, -0.1) is 0 Å². The minimum Gasteiger partial charge on any atom is -0.508 e. The highest BCUT2D eigenvalue weighted by molar-refractivity contribution is 5.25. The summed E-state index contributed by atoms with van der Waals surface area (Å²) in [6.07, 6.45) is 5.20. The normalized spacial score (nSPS) is 23.7. The van der Waals surface area contributed by atoms with Crippen LogP contribution in [0.2, 0.25) is 0 Å². The number of phenolic OH excluding ortho intramolecular Hbond substituents is 1. The Morgan fingerprint density at radius 2 is 1.89 bits per heavy atom. The molecular weight excluding hydrogens is 236 g/mol. The fourth-order valence-electron chi connectivity index (χ4n) is 3.24. The van der Waals surface area contributed by atoms with Crippen LogP contribution in [0, 0.1) is 5.92 Å². The molecule has 3 heteroatoms. The molecule has 0 bridgehead atoms. The second-order valence-corrected chi connectivity index (χ2v) is 5.58. The van der Waals surface area contributed by atoms with Gasteiger partial charge in [-0.05, 0) is 49.5 Å². The van der Waals surface area contributed by atoms with Crippen LogP contribution in [0.15, 0.2) is 24.3 Å². The maximum Gasteiger partial charge on any atom is 0.115 e. The van der Waals surface area contributed by atoms with E-state index in [-0.39, 0.29) is 0 Å². The molecule has 2 atom stereocenters. The highest BCUT2D eigenvalue weighted by Crippen LogP contribution is 2.29. The first-order chi connectivity index (χ1) is 9.24. The van der Waals surface area contributed by atoms with Gasteiger partial charge in [0.25, 0.3) is 0 Å². The van der Waals surface area contributed by atoms with Crippen molar-refractivity contribution in [2.45, 2.75) is 45.2 Å². The summed E-state index contributed by atoms with van der Waals surface area (Å²) < 4.78 is 0. The Morgan fingerprint density at radius 3 is 2.53 bits per heavy atom. The number of hydrogen-bond acceptors (Lipinski definition) is 3. The Kier molecular flexibility index (Phi) is 5.23. The highest BCUT2D eigenvalue weighted by atomic mass is 16.3. The third-order valence-electron chi connectivity index (χ3n) is 4.37. The molecule has 0 aromatic heterocycles. The van der Waals surface area contributed by atoms with Crippen LogP contribution in [0.5, 0.6) is 5.75 Å². The van der Waals surface area contributed by atoms with Crippen LogP contribution in [0.25, 0.3) is 0 Å². The summed E-state index contributed by atoms with van der Waals surface area (Å²) in [6, 6.07) is 8.18. The van der Waals surface area contributed by atoms with E-state index >= 15 is 0 Å². The van der Waals surface area contributed by atoms with E-state index in [4.69, 9.17) is 5.73 Å². The number of hydrogen-bond donors (Lipinski definition) is 2. The topological polar surface area (TPSA) is 49.5 Å². The Balaban J connectivity index is 2.04. The molecule has 19 heavy (non-hydrogen) atoms. The Morgan fingerprint density at radius 1 is 1.21 bits per heavy atom. The zero-order valence-electron chi connectivity index (χ0n) is 11.9. The van der Waals surface area contributed by atoms with Gasteiger partial charge in [-0.2, -0.15) is 0 Å². The first-order valence-electron chi connectivity index (χ1n) is 7.46. The first-order valence-corrected chi connectivity index (χ1v) is 7.46. The highest BCUT2D eigenvalue weighted by Gasteiger charge is 2.28. The van der Waals surface area contributed by atoms with Gasteiger partial charge < -0.3 is 10.8 Å². The second-order valence-electron chi connectivity index (χ2n) is 5.58. The number of phenols is 1. The molecule has 1 aromatic rings. The van der Waals surface area contributed by atoms with Crippen molar-refractivity contribution in [1.82, 2.24) is 4.90 Å². The maximum atomic E-state index is 9.35. The van der Waals surface area contributed by atoms with Gasteiger partial charge in [-0.25, -0.2) is 0 Å². The molecule has 1 aliphatic rings. The molecule has 0 saturated heterocycles. The SMILES string of the molecule is CCN(Cc1ccc(O)cc1)C1CCCCC1CN. The van der Waals surface area contributed by atoms with Crippen molar-refractivity contribution >= 4 is 0 Å². The van der Waals surface area contributed by atoms with Crippen LogP contribution in [0.1, 0.15) is 38.2 Å². The molecule has 0 heterocycles. The van der Waals surface area contributed by atoms with Crippen molar-refractivity contribution in [3.8, 4) is 5.75 Å². The molecular formula is C16H26N2O. The molecule has 1 aromatic carbocycles. The zero-order valence-corrected chi connectivity index (χ0v) is 11.9. The standard InChI is InChI=1S/C16H26N2O/c1-2-18(12-13-7-9-15(19)10-8-13)16-6-4-3-5-14(16)11-17/h7-10,14,16,19H,2-6,11-12,17H2,1H3. The summed E-state index contributed by atoms with van der Waals surface area (Å²) >= 11 is 0. The molecule has 3 nitrogen and oxygen atoms in total. The van der Waals surface area contributed by atoms with Crippen LogP contribution >= 0.6 is 0 Å². The summed E-state index contributed by atoms with van der Waals surface area (Å²) in [4.78, 5) is 2.54. The van der Waals surface area contributed by atoms with Gasteiger partial charge in [0.1, 0.15) is 5.75 Å². The quantitative estimate of drug-likeness (QED) is 0.858. The van der Waals surface area contributed by atoms with E-state index in [0.29, 0.717) is 17.7 Å². The predicted octanol–water partition coefficient (Wildman–Crippen LogP) is 2.73. The fourth-order valence-corrected chi connectivity index (χ4v) is 3.24. The van der Waals surface area contributed by atoms with Crippen LogP contribution in [-0.4, -0.2) is 29.1 Å². The van der Waals surface area contributed by atoms with Gasteiger partial charge in [0.05, 0.1) is 0 Å². The molecule has 1 fully saturated rings. The summed E-state index contributed by atoms with van der Waals surface area (Å²) in [5, 5.41) is 9.35. The Bertz CT molecular complexity index is 377. The molecule has 1 aliphatic carbocycles. The maximum absolute atomic E-state index is 9.35. The van der Waals surface area contributed by atoms with Crippen LogP contribution in [0.4, 0.5) is 0 Å². The Labute approximate surface area is 116 Å². The van der Waals surface area contributed by atoms with Gasteiger partial charge in [0.2, 0.25) is 0 Å². The van der Waals surface area contributed by atoms with E-state index in [2.05, 4.69) is 11.8 Å². The minimum atomic E-state index is 0.337. The number of rotatable bonds is 5. The summed E-state index contributed by atoms with van der Waals surface area (Å²) in [5.41, 5.74) is 7.20. The van der Waals surface area contributed by atoms with E-state index in [1.54, 1.807) is 12.1 Å². The van der Waals surface area contributed by atoms with Crippen molar-refractivity contribution in [3.63, 3.8) is 0 Å². The average Bonchev–Trinajstić information content (AvgIpc) is 2.46. The van der Waals surface area contributed by atoms with Gasteiger partial charge in [-0.1, -0.05) is 31.9 Å². The molecule has 2 unspecified atom stereocenters. The van der Waals surface area contributed by atoms with Crippen LogP contribution < -0.4 is 5.73 Å². The van der Waals surface area contributed by atoms with Gasteiger partial charge in [-0.3, -0.25) is 4.90 Å². The summed E-state index contributed by atoms with van der Waals surface area (Å²) in [7, 11) is 0. The van der Waals surface area contributed by atoms with Crippen molar-refractivity contribution in [2.24, 2.45) is 11.7 Å². The molecule has 1 saturated carbocycles. The van der Waals surface area contributed by atoms with Crippen molar-refractivity contribution in [1.29, 1.82) is 0 Å². The number of aromatic hydroxyl groups is 1. The molecule has 106 valence electrons. The molecule has 0 aliphatic heterocycles. The van der Waals surface area contributed by atoms with Crippen molar-refractivity contribution < 1.29 is 5.11 Å². The number of nitrogens with zero attached hydrogens (tertiary/aromatic N) is 1. The predicted molar refractivity (Wildman–Crippen MR) is 79.0 cm³/mol. The average molecular weight is 262 g/mol. The molecule has 0 amide bonds. The summed E-state index contributed by atoms with van der Waals surface area (Å²) in [5.74, 6) is 0.982. The lowest BCUT2D eigenvalue weighted by Crippen LogP contribution is -2.44. The van der Waals surface area contributed by atoms with E-state index in [1.807, 2.05) is 12.1 Å². The number of nitrogens with two attached hydrogens (primary N) is 1. The fraction of sp³-hybridized carbons (Fsp3) is 0.625. The van der Waals surface area contributed by atoms with E-state index in [1.165, 1.54) is 31.2 Å². The molecule has 0 radical (unpaired) electrons. The lowest BCUT2D eigenvalue weighted by molar-refractivity contribution is 0.105. The smallest absolute Gasteiger partial charge is 0.115 e. The third kappa shape index (κ3) is 3.71. The van der Waals surface area contributed by atoms with E-state index in [9.17, 15) is 5.11 Å². The van der Waals surface area contributed by atoms with Gasteiger partial charge in [0.15, 0.2) is 0 Å². The van der Waals surface area contributed by atoms with Crippen molar-refractivity contribution in [2.75, 3.05) is 13.1 Å². The lowest BCUT2D eigenvalue weighted by atomic mass is 9.83.